The third kappa shape index (κ3) is 7.03. The molecule has 0 saturated carbocycles. The number of pyridine rings is 1. The van der Waals surface area contributed by atoms with Crippen molar-refractivity contribution in [2.75, 3.05) is 46.0 Å². The Labute approximate surface area is 296 Å². The van der Waals surface area contributed by atoms with Gasteiger partial charge in [0.25, 0.3) is 0 Å². The molecule has 10 nitrogen and oxygen atoms in total. The van der Waals surface area contributed by atoms with E-state index in [1.54, 1.807) is 11.8 Å². The van der Waals surface area contributed by atoms with Crippen molar-refractivity contribution < 1.29 is 46.1 Å². The lowest BCUT2D eigenvalue weighted by molar-refractivity contribution is -0.137. The molecule has 0 amide bonds. The van der Waals surface area contributed by atoms with Gasteiger partial charge in [-0.3, -0.25) is 19.4 Å². The average Bonchev–Trinajstić information content (AvgIpc) is 3.54. The smallest absolute Gasteiger partial charge is 0.416 e. The number of ether oxygens (including phenoxy) is 2. The molecule has 274 valence electrons. The summed E-state index contributed by atoms with van der Waals surface area (Å²) >= 11 is 0. The van der Waals surface area contributed by atoms with E-state index in [1.807, 2.05) is 6.07 Å². The molecule has 3 aliphatic rings. The molecule has 3 N–H and O–H groups in total. The van der Waals surface area contributed by atoms with Gasteiger partial charge in [-0.1, -0.05) is 12.1 Å². The molecular formula is C37H36F5N5O5. The lowest BCUT2D eigenvalue weighted by Crippen LogP contribution is -2.58. The number of nitrogens with two attached hydrogens (primary N) is 1. The Kier molecular flexibility index (Phi) is 10.5. The van der Waals surface area contributed by atoms with Crippen LogP contribution < -0.4 is 10.5 Å². The first kappa shape index (κ1) is 37.0. The number of ketones is 2. The van der Waals surface area contributed by atoms with Crippen molar-refractivity contribution in [3.05, 3.63) is 94.0 Å². The number of carbonyl (C=O) groups is 2. The lowest BCUT2D eigenvalue weighted by Gasteiger charge is -2.44. The molecule has 2 aromatic carbocycles. The van der Waals surface area contributed by atoms with Crippen molar-refractivity contribution in [2.45, 2.75) is 50.0 Å². The number of halogens is 5. The second-order valence-electron chi connectivity index (χ2n) is 13.2. The standard InChI is InChI=1S/C37H36F5N5O5/c1-36-8-2-10-47(36)27(18-22-3-6-28(31(39)30(22)38)52-16-13-46-11-14-51-15-12-46)33(48)29(35(36)50)34(49)32(44)25-5-4-23(37(40,41)42)19-26(25)21-7-9-45-24(17-21)20-43/h3-7,9,17,19,27,32,50H,2,8,10-16,18,44H2,1H3. The zero-order chi connectivity index (χ0) is 37.4. The van der Waals surface area contributed by atoms with E-state index in [0.29, 0.717) is 52.2 Å². The first-order valence-corrected chi connectivity index (χ1v) is 16.8. The summed E-state index contributed by atoms with van der Waals surface area (Å²) in [5.41, 5.74) is 3.12. The zero-order valence-electron chi connectivity index (χ0n) is 28.2. The van der Waals surface area contributed by atoms with Crippen LogP contribution in [0.1, 0.15) is 48.2 Å². The number of Topliss-reactive ketones (excluding diaryl/α,β-unsaturated/α-hetero) is 2. The van der Waals surface area contributed by atoms with E-state index >= 15 is 8.78 Å². The molecule has 6 rings (SSSR count). The Morgan fingerprint density at radius 1 is 1.15 bits per heavy atom. The van der Waals surface area contributed by atoms with E-state index in [1.165, 1.54) is 30.5 Å². The fourth-order valence-electron chi connectivity index (χ4n) is 7.24. The third-order valence-electron chi connectivity index (χ3n) is 10.1. The molecule has 3 aliphatic heterocycles. The summed E-state index contributed by atoms with van der Waals surface area (Å²) in [5, 5.41) is 20.9. The molecule has 3 aromatic rings. The minimum atomic E-state index is -4.76. The van der Waals surface area contributed by atoms with Crippen LogP contribution in [0.15, 0.2) is 60.0 Å². The first-order chi connectivity index (χ1) is 24.7. The maximum absolute atomic E-state index is 15.6. The summed E-state index contributed by atoms with van der Waals surface area (Å²) in [4.78, 5) is 36.0. The van der Waals surface area contributed by atoms with Crippen LogP contribution in [0.25, 0.3) is 11.1 Å². The molecular weight excluding hydrogens is 689 g/mol. The molecule has 1 aromatic heterocycles. The van der Waals surface area contributed by atoms with Crippen LogP contribution in [0.3, 0.4) is 0 Å². The molecule has 15 heteroatoms. The highest BCUT2D eigenvalue weighted by Crippen LogP contribution is 2.44. The van der Waals surface area contributed by atoms with Gasteiger partial charge in [-0.15, -0.1) is 0 Å². The van der Waals surface area contributed by atoms with Crippen LogP contribution in [0.2, 0.25) is 0 Å². The molecule has 0 radical (unpaired) electrons. The topological polar surface area (TPSA) is 142 Å². The van der Waals surface area contributed by atoms with Crippen LogP contribution in [0.5, 0.6) is 5.75 Å². The summed E-state index contributed by atoms with van der Waals surface area (Å²) in [6, 6.07) is 6.59. The van der Waals surface area contributed by atoms with Gasteiger partial charge >= 0.3 is 6.18 Å². The van der Waals surface area contributed by atoms with Crippen molar-refractivity contribution in [1.82, 2.24) is 14.8 Å². The lowest BCUT2D eigenvalue weighted by atomic mass is 9.78. The predicted octanol–water partition coefficient (Wildman–Crippen LogP) is 5.06. The quantitative estimate of drug-likeness (QED) is 0.215. The maximum Gasteiger partial charge on any atom is 0.416 e. The van der Waals surface area contributed by atoms with E-state index in [9.17, 15) is 33.1 Å². The number of nitrogens with zero attached hydrogens (tertiary/aromatic N) is 4. The van der Waals surface area contributed by atoms with Gasteiger partial charge in [-0.2, -0.15) is 22.8 Å². The van der Waals surface area contributed by atoms with E-state index in [4.69, 9.17) is 15.2 Å². The molecule has 2 fully saturated rings. The highest BCUT2D eigenvalue weighted by atomic mass is 19.4. The van der Waals surface area contributed by atoms with Gasteiger partial charge in [-0.25, -0.2) is 9.37 Å². The molecule has 3 atom stereocenters. The molecule has 52 heavy (non-hydrogen) atoms. The largest absolute Gasteiger partial charge is 0.509 e. The maximum atomic E-state index is 15.6. The van der Waals surface area contributed by atoms with Gasteiger partial charge < -0.3 is 20.3 Å². The van der Waals surface area contributed by atoms with Gasteiger partial charge in [0.1, 0.15) is 29.7 Å². The van der Waals surface area contributed by atoms with Gasteiger partial charge in [-0.05, 0) is 85.3 Å². The Bertz CT molecular complexity index is 1960. The minimum Gasteiger partial charge on any atom is -0.509 e. The van der Waals surface area contributed by atoms with Crippen molar-refractivity contribution in [2.24, 2.45) is 5.73 Å². The number of nitriles is 1. The fraction of sp³-hybridized carbons (Fsp3) is 0.405. The molecule has 2 saturated heterocycles. The predicted molar refractivity (Wildman–Crippen MR) is 177 cm³/mol. The average molecular weight is 726 g/mol. The van der Waals surface area contributed by atoms with Gasteiger partial charge in [0.2, 0.25) is 5.82 Å². The van der Waals surface area contributed by atoms with Crippen molar-refractivity contribution in [3.63, 3.8) is 0 Å². The van der Waals surface area contributed by atoms with Crippen molar-refractivity contribution in [3.8, 4) is 22.9 Å². The van der Waals surface area contributed by atoms with E-state index in [0.717, 1.165) is 18.2 Å². The van der Waals surface area contributed by atoms with E-state index in [-0.39, 0.29) is 46.7 Å². The highest BCUT2D eigenvalue weighted by molar-refractivity contribution is 6.25. The van der Waals surface area contributed by atoms with Gasteiger partial charge in [0.05, 0.1) is 36.4 Å². The second kappa shape index (κ2) is 14.7. The Hall–Kier alpha value is -4.75. The number of hydrogen-bond donors (Lipinski definition) is 2. The minimum absolute atomic E-state index is 0.100. The SMILES string of the molecule is CC12CCCN1C(Cc1ccc(OCCN3CCOCC3)c(F)c1F)C(=O)C(C(=O)C(N)c1ccc(C(F)(F)F)cc1-c1ccnc(C#N)c1)=C2O. The Morgan fingerprint density at radius 2 is 1.90 bits per heavy atom. The van der Waals surface area contributed by atoms with Gasteiger partial charge in [0, 0.05) is 25.8 Å². The number of rotatable bonds is 10. The normalized spacial score (nSPS) is 21.9. The second-order valence-corrected chi connectivity index (χ2v) is 13.2. The highest BCUT2D eigenvalue weighted by Gasteiger charge is 2.54. The number of aliphatic hydroxyl groups excluding tert-OH is 1. The van der Waals surface area contributed by atoms with Crippen LogP contribution in [-0.4, -0.2) is 89.0 Å². The molecule has 0 bridgehead atoms. The number of benzene rings is 2. The summed E-state index contributed by atoms with van der Waals surface area (Å²) in [6.07, 6.45) is -3.07. The summed E-state index contributed by atoms with van der Waals surface area (Å²) in [7, 11) is 0. The Morgan fingerprint density at radius 3 is 2.62 bits per heavy atom. The number of aliphatic hydroxyl groups is 1. The molecule has 0 aliphatic carbocycles. The number of aromatic nitrogens is 1. The third-order valence-corrected chi connectivity index (χ3v) is 10.1. The van der Waals surface area contributed by atoms with Crippen LogP contribution in [0, 0.1) is 23.0 Å². The summed E-state index contributed by atoms with van der Waals surface area (Å²) in [6.45, 7) is 5.08. The first-order valence-electron chi connectivity index (χ1n) is 16.8. The molecule has 3 unspecified atom stereocenters. The van der Waals surface area contributed by atoms with Crippen molar-refractivity contribution >= 4 is 11.6 Å². The molecule has 4 heterocycles. The number of alkyl halides is 3. The number of carbonyl (C=O) groups excluding carboxylic acids is 2. The number of hydrogen-bond acceptors (Lipinski definition) is 10. The van der Waals surface area contributed by atoms with Crippen LogP contribution >= 0.6 is 0 Å². The van der Waals surface area contributed by atoms with Crippen LogP contribution in [0.4, 0.5) is 22.0 Å². The monoisotopic (exact) mass is 725 g/mol. The van der Waals surface area contributed by atoms with Crippen molar-refractivity contribution in [1.29, 1.82) is 5.26 Å². The van der Waals surface area contributed by atoms with E-state index in [2.05, 4.69) is 9.88 Å². The Balaban J connectivity index is 1.30. The molecule has 0 spiro atoms. The summed E-state index contributed by atoms with van der Waals surface area (Å²) < 4.78 is 83.0. The van der Waals surface area contributed by atoms with Crippen LogP contribution in [-0.2, 0) is 26.9 Å². The fourth-order valence-corrected chi connectivity index (χ4v) is 7.24. The van der Waals surface area contributed by atoms with E-state index < -0.39 is 63.9 Å². The summed E-state index contributed by atoms with van der Waals surface area (Å²) in [5.74, 6) is -5.23. The number of fused-ring (bicyclic) bond motifs is 1. The number of morpholine rings is 1. The zero-order valence-corrected chi connectivity index (χ0v) is 28.2. The van der Waals surface area contributed by atoms with Gasteiger partial charge in [0.15, 0.2) is 23.1 Å².